The summed E-state index contributed by atoms with van der Waals surface area (Å²) < 4.78 is 0. The number of pyridine rings is 1. The average Bonchev–Trinajstić information content (AvgIpc) is 2.64. The first-order valence-corrected chi connectivity index (χ1v) is 7.33. The molecule has 3 heteroatoms. The third kappa shape index (κ3) is 3.52. The highest BCUT2D eigenvalue weighted by Gasteiger charge is 2.13. The van der Waals surface area contributed by atoms with Gasteiger partial charge in [-0.25, -0.2) is 0 Å². The normalized spacial score (nSPS) is 12.2. The molecule has 1 heterocycles. The largest absolute Gasteiger partial charge is 0.410 e. The van der Waals surface area contributed by atoms with E-state index in [4.69, 9.17) is 0 Å². The van der Waals surface area contributed by atoms with Gasteiger partial charge in [-0.2, -0.15) is 0 Å². The first kappa shape index (κ1) is 14.7. The summed E-state index contributed by atoms with van der Waals surface area (Å²) in [6, 6.07) is 23.4. The summed E-state index contributed by atoms with van der Waals surface area (Å²) in [5.41, 5.74) is 4.23. The molecule has 3 nitrogen and oxygen atoms in total. The van der Waals surface area contributed by atoms with Gasteiger partial charge < -0.3 is 5.21 Å². The van der Waals surface area contributed by atoms with Crippen molar-refractivity contribution in [1.29, 1.82) is 0 Å². The molecule has 1 N–H and O–H groups in total. The Morgan fingerprint density at radius 1 is 0.783 bits per heavy atom. The number of nitrogens with zero attached hydrogens (tertiary/aromatic N) is 2. The zero-order chi connectivity index (χ0) is 15.9. The van der Waals surface area contributed by atoms with Gasteiger partial charge in [0, 0.05) is 23.5 Å². The fourth-order valence-electron chi connectivity index (χ4n) is 2.40. The van der Waals surface area contributed by atoms with Crippen molar-refractivity contribution in [2.45, 2.75) is 0 Å². The molecule has 1 aromatic heterocycles. The van der Waals surface area contributed by atoms with E-state index in [1.807, 2.05) is 78.9 Å². The predicted molar refractivity (Wildman–Crippen MR) is 93.3 cm³/mol. The maximum Gasteiger partial charge on any atom is 0.117 e. The highest BCUT2D eigenvalue weighted by molar-refractivity contribution is 6.34. The van der Waals surface area contributed by atoms with E-state index in [-0.39, 0.29) is 0 Å². The van der Waals surface area contributed by atoms with Crippen LogP contribution in [-0.2, 0) is 0 Å². The topological polar surface area (TPSA) is 45.5 Å². The van der Waals surface area contributed by atoms with Gasteiger partial charge >= 0.3 is 0 Å². The molecule has 3 rings (SSSR count). The summed E-state index contributed by atoms with van der Waals surface area (Å²) in [6.07, 6.45) is 5.48. The van der Waals surface area contributed by atoms with Crippen LogP contribution in [-0.4, -0.2) is 15.9 Å². The molecular weight excluding hydrogens is 284 g/mol. The fraction of sp³-hybridized carbons (Fsp3) is 0. The third-order valence-electron chi connectivity index (χ3n) is 3.50. The number of rotatable bonds is 4. The minimum Gasteiger partial charge on any atom is -0.410 e. The van der Waals surface area contributed by atoms with Gasteiger partial charge in [0.05, 0.1) is 0 Å². The van der Waals surface area contributed by atoms with Gasteiger partial charge in [0.1, 0.15) is 5.71 Å². The van der Waals surface area contributed by atoms with E-state index in [2.05, 4.69) is 10.1 Å². The second-order valence-corrected chi connectivity index (χ2v) is 5.02. The molecule has 0 aliphatic heterocycles. The van der Waals surface area contributed by atoms with E-state index < -0.39 is 0 Å². The van der Waals surface area contributed by atoms with Gasteiger partial charge in [-0.3, -0.25) is 4.98 Å². The Morgan fingerprint density at radius 3 is 1.91 bits per heavy atom. The lowest BCUT2D eigenvalue weighted by molar-refractivity contribution is 0.320. The molecule has 0 unspecified atom stereocenters. The summed E-state index contributed by atoms with van der Waals surface area (Å²) in [5, 5.41) is 13.2. The highest BCUT2D eigenvalue weighted by Crippen LogP contribution is 2.23. The van der Waals surface area contributed by atoms with Crippen molar-refractivity contribution < 1.29 is 5.21 Å². The summed E-state index contributed by atoms with van der Waals surface area (Å²) in [4.78, 5) is 4.04. The van der Waals surface area contributed by atoms with E-state index in [1.54, 1.807) is 12.4 Å². The Balaban J connectivity index is 2.14. The number of oxime groups is 1. The number of hydrogen-bond donors (Lipinski definition) is 1. The van der Waals surface area contributed by atoms with Crippen LogP contribution in [0, 0.1) is 0 Å². The molecule has 3 aromatic rings. The Morgan fingerprint density at radius 2 is 1.35 bits per heavy atom. The van der Waals surface area contributed by atoms with Gasteiger partial charge in [-0.15, -0.1) is 0 Å². The monoisotopic (exact) mass is 300 g/mol. The molecule has 0 amide bonds. The van der Waals surface area contributed by atoms with Gasteiger partial charge in [-0.05, 0) is 29.3 Å². The summed E-state index contributed by atoms with van der Waals surface area (Å²) in [5.74, 6) is 0. The van der Waals surface area contributed by atoms with E-state index >= 15 is 0 Å². The molecule has 0 fully saturated rings. The molecular formula is C20H16N2O. The SMILES string of the molecule is O/N=C(/C(=C/c1ccncc1)c1ccccc1)c1ccccc1. The number of allylic oxidation sites excluding steroid dienone is 1. The van der Waals surface area contributed by atoms with E-state index in [0.29, 0.717) is 5.71 Å². The quantitative estimate of drug-likeness (QED) is 0.438. The molecule has 0 saturated heterocycles. The van der Waals surface area contributed by atoms with Crippen LogP contribution in [0.4, 0.5) is 0 Å². The molecule has 0 atom stereocenters. The molecule has 0 radical (unpaired) electrons. The number of aromatic nitrogens is 1. The van der Waals surface area contributed by atoms with Crippen LogP contribution in [0.3, 0.4) is 0 Å². The fourth-order valence-corrected chi connectivity index (χ4v) is 2.40. The van der Waals surface area contributed by atoms with Crippen molar-refractivity contribution in [1.82, 2.24) is 4.98 Å². The van der Waals surface area contributed by atoms with Crippen LogP contribution in [0.2, 0.25) is 0 Å². The van der Waals surface area contributed by atoms with Crippen LogP contribution >= 0.6 is 0 Å². The van der Waals surface area contributed by atoms with E-state index in [1.165, 1.54) is 0 Å². The van der Waals surface area contributed by atoms with Gasteiger partial charge in [-0.1, -0.05) is 65.8 Å². The van der Waals surface area contributed by atoms with Crippen LogP contribution in [0.1, 0.15) is 16.7 Å². The zero-order valence-corrected chi connectivity index (χ0v) is 12.5. The number of benzene rings is 2. The summed E-state index contributed by atoms with van der Waals surface area (Å²) >= 11 is 0. The Labute approximate surface area is 135 Å². The smallest absolute Gasteiger partial charge is 0.117 e. The molecule has 0 saturated carbocycles. The lowest BCUT2D eigenvalue weighted by Gasteiger charge is -2.11. The van der Waals surface area contributed by atoms with Crippen LogP contribution in [0.15, 0.2) is 90.3 Å². The number of hydrogen-bond acceptors (Lipinski definition) is 3. The van der Waals surface area contributed by atoms with Gasteiger partial charge in [0.15, 0.2) is 0 Å². The molecule has 0 bridgehead atoms. The van der Waals surface area contributed by atoms with E-state index in [9.17, 15) is 5.21 Å². The minimum absolute atomic E-state index is 0.536. The summed E-state index contributed by atoms with van der Waals surface area (Å²) in [7, 11) is 0. The molecule has 0 spiro atoms. The summed E-state index contributed by atoms with van der Waals surface area (Å²) in [6.45, 7) is 0. The standard InChI is InChI=1S/C20H16N2O/c23-22-20(18-9-5-2-6-10-18)19(17-7-3-1-4-8-17)15-16-11-13-21-14-12-16/h1-15,23H/b19-15+,22-20+. The molecule has 0 aliphatic carbocycles. The Kier molecular flexibility index (Phi) is 4.60. The van der Waals surface area contributed by atoms with Gasteiger partial charge in [0.2, 0.25) is 0 Å². The Hall–Kier alpha value is -3.20. The van der Waals surface area contributed by atoms with Crippen molar-refractivity contribution in [3.63, 3.8) is 0 Å². The third-order valence-corrected chi connectivity index (χ3v) is 3.50. The Bertz CT molecular complexity index is 810. The van der Waals surface area contributed by atoms with Crippen LogP contribution in [0.25, 0.3) is 11.6 Å². The van der Waals surface area contributed by atoms with Crippen LogP contribution < -0.4 is 0 Å². The first-order valence-electron chi connectivity index (χ1n) is 7.33. The first-order chi connectivity index (χ1) is 11.4. The van der Waals surface area contributed by atoms with Crippen molar-refractivity contribution >= 4 is 17.4 Å². The zero-order valence-electron chi connectivity index (χ0n) is 12.5. The maximum absolute atomic E-state index is 9.62. The van der Waals surface area contributed by atoms with Crippen molar-refractivity contribution in [2.24, 2.45) is 5.16 Å². The highest BCUT2D eigenvalue weighted by atomic mass is 16.4. The maximum atomic E-state index is 9.62. The molecule has 0 aliphatic rings. The van der Waals surface area contributed by atoms with Crippen molar-refractivity contribution in [3.05, 3.63) is 102 Å². The lowest BCUT2D eigenvalue weighted by Crippen LogP contribution is -2.04. The van der Waals surface area contributed by atoms with Crippen molar-refractivity contribution in [2.75, 3.05) is 0 Å². The second-order valence-electron chi connectivity index (χ2n) is 5.02. The van der Waals surface area contributed by atoms with Gasteiger partial charge in [0.25, 0.3) is 0 Å². The second kappa shape index (κ2) is 7.18. The van der Waals surface area contributed by atoms with Crippen LogP contribution in [0.5, 0.6) is 0 Å². The lowest BCUT2D eigenvalue weighted by atomic mass is 9.94. The average molecular weight is 300 g/mol. The molecule has 112 valence electrons. The molecule has 2 aromatic carbocycles. The van der Waals surface area contributed by atoms with Crippen molar-refractivity contribution in [3.8, 4) is 0 Å². The molecule has 23 heavy (non-hydrogen) atoms. The van der Waals surface area contributed by atoms with E-state index in [0.717, 1.165) is 22.3 Å². The predicted octanol–water partition coefficient (Wildman–Crippen LogP) is 4.50. The minimum atomic E-state index is 0.536.